The highest BCUT2D eigenvalue weighted by Gasteiger charge is 2.53. The number of anilines is 1. The molecule has 5 atom stereocenters. The Bertz CT molecular complexity index is 650. The predicted octanol–water partition coefficient (Wildman–Crippen LogP) is 1.10. The van der Waals surface area contributed by atoms with Gasteiger partial charge < -0.3 is 29.6 Å². The van der Waals surface area contributed by atoms with E-state index in [1.54, 1.807) is 13.2 Å². The predicted molar refractivity (Wildman–Crippen MR) is 85.7 cm³/mol. The molecule has 3 aliphatic heterocycles. The average Bonchev–Trinajstić information content (AvgIpc) is 2.71. The number of fused-ring (bicyclic) bond motifs is 4. The second-order valence-electron chi connectivity index (χ2n) is 6.79. The molecule has 3 heterocycles. The summed E-state index contributed by atoms with van der Waals surface area (Å²) in [7, 11) is 1.57. The molecule has 0 aromatic heterocycles. The Balaban J connectivity index is 1.72. The van der Waals surface area contributed by atoms with Crippen molar-refractivity contribution in [3.8, 4) is 0 Å². The first-order valence-electron chi connectivity index (χ1n) is 8.15. The second-order valence-corrected chi connectivity index (χ2v) is 6.79. The van der Waals surface area contributed by atoms with Crippen molar-refractivity contribution in [2.45, 2.75) is 50.2 Å². The highest BCUT2D eigenvalue weighted by atomic mass is 16.8. The van der Waals surface area contributed by atoms with Gasteiger partial charge in [0.1, 0.15) is 18.2 Å². The van der Waals surface area contributed by atoms with Crippen LogP contribution in [0.3, 0.4) is 0 Å². The molecule has 0 bridgehead atoms. The number of methoxy groups -OCH3 is 1. The van der Waals surface area contributed by atoms with Crippen molar-refractivity contribution in [1.29, 1.82) is 0 Å². The molecule has 0 spiro atoms. The molecule has 0 saturated carbocycles. The van der Waals surface area contributed by atoms with E-state index < -0.39 is 12.1 Å². The standard InChI is InChI=1S/C17H22N2O5/c1-17(2)22-8-11-14(24-17)12-13(16(21-3)23-11)19-15(20)9-6-4-5-7-10(9)18-12/h4-7,11-14,16,18H,8H2,1-3H3,(H,19,20)/t11-,12+,13-,14-,16-/m1/s1. The van der Waals surface area contributed by atoms with Crippen LogP contribution in [-0.4, -0.2) is 56.0 Å². The first-order chi connectivity index (χ1) is 11.5. The van der Waals surface area contributed by atoms with Crippen LogP contribution in [0.1, 0.15) is 24.2 Å². The maximum absolute atomic E-state index is 12.6. The summed E-state index contributed by atoms with van der Waals surface area (Å²) in [6.45, 7) is 4.17. The van der Waals surface area contributed by atoms with Gasteiger partial charge in [-0.05, 0) is 26.0 Å². The molecule has 3 aliphatic rings. The van der Waals surface area contributed by atoms with Crippen molar-refractivity contribution in [2.24, 2.45) is 0 Å². The summed E-state index contributed by atoms with van der Waals surface area (Å²) in [5, 5.41) is 6.50. The minimum Gasteiger partial charge on any atom is -0.377 e. The maximum atomic E-state index is 12.6. The average molecular weight is 334 g/mol. The van der Waals surface area contributed by atoms with Crippen LogP contribution in [0.4, 0.5) is 5.69 Å². The van der Waals surface area contributed by atoms with Crippen molar-refractivity contribution in [3.63, 3.8) is 0 Å². The van der Waals surface area contributed by atoms with E-state index in [1.807, 2.05) is 32.0 Å². The molecule has 1 amide bonds. The Kier molecular flexibility index (Phi) is 3.76. The number of carbonyl (C=O) groups excluding carboxylic acids is 1. The summed E-state index contributed by atoms with van der Waals surface area (Å²) >= 11 is 0. The zero-order valence-electron chi connectivity index (χ0n) is 13.9. The molecule has 1 aromatic rings. The summed E-state index contributed by atoms with van der Waals surface area (Å²) in [4.78, 5) is 12.6. The number of nitrogens with one attached hydrogen (secondary N) is 2. The van der Waals surface area contributed by atoms with Crippen molar-refractivity contribution in [3.05, 3.63) is 29.8 Å². The van der Waals surface area contributed by atoms with E-state index in [2.05, 4.69) is 10.6 Å². The second kappa shape index (κ2) is 5.70. The molecule has 1 aromatic carbocycles. The van der Waals surface area contributed by atoms with E-state index >= 15 is 0 Å². The van der Waals surface area contributed by atoms with Crippen molar-refractivity contribution in [1.82, 2.24) is 5.32 Å². The van der Waals surface area contributed by atoms with Crippen LogP contribution in [0.15, 0.2) is 24.3 Å². The fourth-order valence-corrected chi connectivity index (χ4v) is 3.61. The Hall–Kier alpha value is -1.67. The largest absolute Gasteiger partial charge is 0.377 e. The lowest BCUT2D eigenvalue weighted by Crippen LogP contribution is -2.69. The molecule has 0 aliphatic carbocycles. The smallest absolute Gasteiger partial charge is 0.253 e. The third-order valence-corrected chi connectivity index (χ3v) is 4.75. The van der Waals surface area contributed by atoms with E-state index in [1.165, 1.54) is 0 Å². The van der Waals surface area contributed by atoms with Crippen LogP contribution < -0.4 is 10.6 Å². The summed E-state index contributed by atoms with van der Waals surface area (Å²) < 4.78 is 23.3. The van der Waals surface area contributed by atoms with Gasteiger partial charge in [-0.2, -0.15) is 0 Å². The summed E-state index contributed by atoms with van der Waals surface area (Å²) in [5.74, 6) is -0.854. The highest BCUT2D eigenvalue weighted by molar-refractivity contribution is 6.00. The van der Waals surface area contributed by atoms with Crippen molar-refractivity contribution < 1.29 is 23.7 Å². The quantitative estimate of drug-likeness (QED) is 0.801. The zero-order valence-corrected chi connectivity index (χ0v) is 13.9. The lowest BCUT2D eigenvalue weighted by molar-refractivity contribution is -0.349. The van der Waals surface area contributed by atoms with Crippen LogP contribution in [0.5, 0.6) is 0 Å². The summed E-state index contributed by atoms with van der Waals surface area (Å²) in [6, 6.07) is 6.88. The SMILES string of the molecule is CO[C@@H]1O[C@@H]2COC(C)(C)O[C@H]2[C@H]2Nc3ccccc3C(=O)N[C@@H]12. The fourth-order valence-electron chi connectivity index (χ4n) is 3.61. The summed E-state index contributed by atoms with van der Waals surface area (Å²) in [5.41, 5.74) is 1.38. The van der Waals surface area contributed by atoms with Crippen LogP contribution in [-0.2, 0) is 18.9 Å². The zero-order chi connectivity index (χ0) is 16.9. The molecule has 0 unspecified atom stereocenters. The molecule has 2 saturated heterocycles. The van der Waals surface area contributed by atoms with E-state index in [0.29, 0.717) is 12.2 Å². The molecule has 24 heavy (non-hydrogen) atoms. The van der Waals surface area contributed by atoms with Crippen LogP contribution >= 0.6 is 0 Å². The number of ether oxygens (including phenoxy) is 4. The van der Waals surface area contributed by atoms with Gasteiger partial charge in [-0.1, -0.05) is 12.1 Å². The first kappa shape index (κ1) is 15.8. The van der Waals surface area contributed by atoms with Gasteiger partial charge in [0.05, 0.1) is 18.2 Å². The minimum absolute atomic E-state index is 0.152. The Labute approximate surface area is 140 Å². The molecule has 7 heteroatoms. The molecule has 0 radical (unpaired) electrons. The van der Waals surface area contributed by atoms with Gasteiger partial charge in [-0.3, -0.25) is 4.79 Å². The number of carbonyl (C=O) groups is 1. The van der Waals surface area contributed by atoms with Gasteiger partial charge >= 0.3 is 0 Å². The molecule has 130 valence electrons. The minimum atomic E-state index is -0.702. The third-order valence-electron chi connectivity index (χ3n) is 4.75. The van der Waals surface area contributed by atoms with Crippen molar-refractivity contribution >= 4 is 11.6 Å². The van der Waals surface area contributed by atoms with E-state index in [9.17, 15) is 4.79 Å². The third kappa shape index (κ3) is 2.57. The van der Waals surface area contributed by atoms with Gasteiger partial charge in [-0.15, -0.1) is 0 Å². The van der Waals surface area contributed by atoms with Gasteiger partial charge in [-0.25, -0.2) is 0 Å². The van der Waals surface area contributed by atoms with Gasteiger partial charge in [0, 0.05) is 12.8 Å². The number of benzene rings is 1. The lowest BCUT2D eigenvalue weighted by Gasteiger charge is -2.51. The molecular formula is C17H22N2O5. The monoisotopic (exact) mass is 334 g/mol. The van der Waals surface area contributed by atoms with Gasteiger partial charge in [0.2, 0.25) is 0 Å². The first-order valence-corrected chi connectivity index (χ1v) is 8.15. The topological polar surface area (TPSA) is 78.1 Å². The highest BCUT2D eigenvalue weighted by Crippen LogP contribution is 2.35. The lowest BCUT2D eigenvalue weighted by atomic mass is 9.92. The molecule has 2 N–H and O–H groups in total. The number of hydrogen-bond donors (Lipinski definition) is 2. The number of hydrogen-bond acceptors (Lipinski definition) is 6. The van der Waals surface area contributed by atoms with Gasteiger partial charge in [0.25, 0.3) is 5.91 Å². The van der Waals surface area contributed by atoms with Crippen LogP contribution in [0.25, 0.3) is 0 Å². The Morgan fingerprint density at radius 2 is 2.00 bits per heavy atom. The van der Waals surface area contributed by atoms with E-state index in [4.69, 9.17) is 18.9 Å². The van der Waals surface area contributed by atoms with E-state index in [-0.39, 0.29) is 30.2 Å². The molecule has 7 nitrogen and oxygen atoms in total. The number of rotatable bonds is 1. The van der Waals surface area contributed by atoms with Crippen LogP contribution in [0, 0.1) is 0 Å². The molecule has 2 fully saturated rings. The summed E-state index contributed by atoms with van der Waals surface area (Å²) in [6.07, 6.45) is -1.11. The number of amides is 1. The Morgan fingerprint density at radius 1 is 1.21 bits per heavy atom. The van der Waals surface area contributed by atoms with Crippen LogP contribution in [0.2, 0.25) is 0 Å². The number of para-hydroxylation sites is 1. The van der Waals surface area contributed by atoms with E-state index in [0.717, 1.165) is 5.69 Å². The molecule has 4 rings (SSSR count). The van der Waals surface area contributed by atoms with Crippen molar-refractivity contribution in [2.75, 3.05) is 19.0 Å². The Morgan fingerprint density at radius 3 is 2.79 bits per heavy atom. The van der Waals surface area contributed by atoms with Gasteiger partial charge in [0.15, 0.2) is 12.1 Å². The normalized spacial score (nSPS) is 37.1. The fraction of sp³-hybridized carbons (Fsp3) is 0.588. The maximum Gasteiger partial charge on any atom is 0.253 e. The molecular weight excluding hydrogens is 312 g/mol.